The van der Waals surface area contributed by atoms with Crippen molar-refractivity contribution < 1.29 is 13.2 Å². The Morgan fingerprint density at radius 2 is 1.52 bits per heavy atom. The maximum Gasteiger partial charge on any atom is 0.256 e. The van der Waals surface area contributed by atoms with Crippen LogP contribution in [0.4, 0.5) is 5.69 Å². The summed E-state index contributed by atoms with van der Waals surface area (Å²) in [6.45, 7) is 0. The van der Waals surface area contributed by atoms with Gasteiger partial charge in [0.1, 0.15) is 0 Å². The zero-order valence-corrected chi connectivity index (χ0v) is 15.9. The van der Waals surface area contributed by atoms with Gasteiger partial charge >= 0.3 is 0 Å². The lowest BCUT2D eigenvalue weighted by atomic mass is 9.99. The van der Waals surface area contributed by atoms with E-state index in [-0.39, 0.29) is 10.8 Å². The molecule has 3 aromatic carbocycles. The number of carbonyl (C=O) groups excluding carboxylic acids is 1. The van der Waals surface area contributed by atoms with E-state index < -0.39 is 10.0 Å². The van der Waals surface area contributed by atoms with Gasteiger partial charge in [0.2, 0.25) is 10.0 Å². The van der Waals surface area contributed by atoms with Gasteiger partial charge in [-0.25, -0.2) is 12.7 Å². The molecule has 0 aliphatic carbocycles. The SMILES string of the molecule is CN(C)S(=O)(=O)c1cccc(NC(=O)c2ccccc2-c2ccccc2)c1. The number of amides is 1. The van der Waals surface area contributed by atoms with Crippen molar-refractivity contribution in [3.8, 4) is 11.1 Å². The number of nitrogens with zero attached hydrogens (tertiary/aromatic N) is 1. The minimum Gasteiger partial charge on any atom is -0.322 e. The Bertz CT molecular complexity index is 1060. The molecule has 1 N–H and O–H groups in total. The van der Waals surface area contributed by atoms with Crippen molar-refractivity contribution in [1.82, 2.24) is 4.31 Å². The Morgan fingerprint density at radius 1 is 0.852 bits per heavy atom. The Balaban J connectivity index is 1.92. The average Bonchev–Trinajstić information content (AvgIpc) is 2.68. The van der Waals surface area contributed by atoms with Crippen LogP contribution in [0.25, 0.3) is 11.1 Å². The molecule has 0 heterocycles. The summed E-state index contributed by atoms with van der Waals surface area (Å²) in [6.07, 6.45) is 0. The first-order valence-corrected chi connectivity index (χ1v) is 9.82. The molecule has 3 aromatic rings. The van der Waals surface area contributed by atoms with Crippen molar-refractivity contribution in [2.75, 3.05) is 19.4 Å². The average molecular weight is 380 g/mol. The van der Waals surface area contributed by atoms with Gasteiger partial charge in [-0.15, -0.1) is 0 Å². The summed E-state index contributed by atoms with van der Waals surface area (Å²) in [5.41, 5.74) is 2.69. The molecule has 0 bridgehead atoms. The maximum absolute atomic E-state index is 12.8. The van der Waals surface area contributed by atoms with Crippen molar-refractivity contribution in [1.29, 1.82) is 0 Å². The number of hydrogen-bond acceptors (Lipinski definition) is 3. The first-order chi connectivity index (χ1) is 12.9. The Kier molecular flexibility index (Phi) is 5.39. The van der Waals surface area contributed by atoms with Crippen LogP contribution in [0.2, 0.25) is 0 Å². The fraction of sp³-hybridized carbons (Fsp3) is 0.0952. The van der Waals surface area contributed by atoms with Crippen molar-refractivity contribution in [2.24, 2.45) is 0 Å². The summed E-state index contributed by atoms with van der Waals surface area (Å²) in [5.74, 6) is -0.297. The summed E-state index contributed by atoms with van der Waals surface area (Å²) in [4.78, 5) is 13.0. The molecular weight excluding hydrogens is 360 g/mol. The minimum atomic E-state index is -3.57. The van der Waals surface area contributed by atoms with Gasteiger partial charge in [-0.2, -0.15) is 0 Å². The quantitative estimate of drug-likeness (QED) is 0.731. The Hall–Kier alpha value is -2.96. The van der Waals surface area contributed by atoms with Gasteiger partial charge in [-0.3, -0.25) is 4.79 Å². The molecule has 138 valence electrons. The van der Waals surface area contributed by atoms with E-state index in [2.05, 4.69) is 5.32 Å². The molecule has 0 aliphatic heterocycles. The second-order valence-electron chi connectivity index (χ2n) is 6.18. The zero-order valence-electron chi connectivity index (χ0n) is 15.1. The highest BCUT2D eigenvalue weighted by Gasteiger charge is 2.18. The topological polar surface area (TPSA) is 66.5 Å². The molecule has 0 aliphatic rings. The second kappa shape index (κ2) is 7.73. The van der Waals surface area contributed by atoms with Gasteiger partial charge in [-0.05, 0) is 35.4 Å². The smallest absolute Gasteiger partial charge is 0.256 e. The third-order valence-corrected chi connectivity index (χ3v) is 5.94. The number of rotatable bonds is 5. The van der Waals surface area contributed by atoms with E-state index in [4.69, 9.17) is 0 Å². The summed E-state index contributed by atoms with van der Waals surface area (Å²) in [6, 6.07) is 23.2. The predicted molar refractivity (Wildman–Crippen MR) is 107 cm³/mol. The molecule has 0 saturated carbocycles. The van der Waals surface area contributed by atoms with E-state index >= 15 is 0 Å². The molecular formula is C21H20N2O3S. The van der Waals surface area contributed by atoms with Crippen LogP contribution in [0, 0.1) is 0 Å². The van der Waals surface area contributed by atoms with Gasteiger partial charge in [0, 0.05) is 25.3 Å². The van der Waals surface area contributed by atoms with Gasteiger partial charge < -0.3 is 5.32 Å². The van der Waals surface area contributed by atoms with E-state index in [1.165, 1.54) is 26.2 Å². The monoisotopic (exact) mass is 380 g/mol. The molecule has 0 spiro atoms. The summed E-state index contributed by atoms with van der Waals surface area (Å²) in [7, 11) is -0.631. The van der Waals surface area contributed by atoms with Crippen LogP contribution in [0.3, 0.4) is 0 Å². The lowest BCUT2D eigenvalue weighted by Crippen LogP contribution is -2.22. The van der Waals surface area contributed by atoms with Crippen LogP contribution in [0.1, 0.15) is 10.4 Å². The lowest BCUT2D eigenvalue weighted by Gasteiger charge is -2.13. The van der Waals surface area contributed by atoms with Crippen LogP contribution < -0.4 is 5.32 Å². The minimum absolute atomic E-state index is 0.127. The van der Waals surface area contributed by atoms with E-state index in [0.29, 0.717) is 11.3 Å². The number of anilines is 1. The van der Waals surface area contributed by atoms with E-state index in [9.17, 15) is 13.2 Å². The third kappa shape index (κ3) is 4.07. The van der Waals surface area contributed by atoms with Crippen LogP contribution in [0.15, 0.2) is 83.8 Å². The number of nitrogens with one attached hydrogen (secondary N) is 1. The fourth-order valence-corrected chi connectivity index (χ4v) is 3.64. The highest BCUT2D eigenvalue weighted by atomic mass is 32.2. The van der Waals surface area contributed by atoms with E-state index in [0.717, 1.165) is 15.4 Å². The van der Waals surface area contributed by atoms with Crippen molar-refractivity contribution in [2.45, 2.75) is 4.90 Å². The Morgan fingerprint density at radius 3 is 2.22 bits per heavy atom. The molecule has 6 heteroatoms. The van der Waals surface area contributed by atoms with Crippen LogP contribution in [-0.2, 0) is 10.0 Å². The predicted octanol–water partition coefficient (Wildman–Crippen LogP) is 3.86. The largest absolute Gasteiger partial charge is 0.322 e. The number of carbonyl (C=O) groups is 1. The molecule has 0 saturated heterocycles. The molecule has 0 unspecified atom stereocenters. The zero-order chi connectivity index (χ0) is 19.4. The van der Waals surface area contributed by atoms with Crippen LogP contribution in [-0.4, -0.2) is 32.7 Å². The van der Waals surface area contributed by atoms with Crippen molar-refractivity contribution in [3.05, 3.63) is 84.4 Å². The van der Waals surface area contributed by atoms with Crippen molar-refractivity contribution in [3.63, 3.8) is 0 Å². The number of benzene rings is 3. The van der Waals surface area contributed by atoms with Crippen molar-refractivity contribution >= 4 is 21.6 Å². The van der Waals surface area contributed by atoms with Gasteiger partial charge in [0.25, 0.3) is 5.91 Å². The molecule has 0 atom stereocenters. The molecule has 0 radical (unpaired) electrons. The molecule has 3 rings (SSSR count). The molecule has 0 aromatic heterocycles. The van der Waals surface area contributed by atoms with Crippen LogP contribution in [0.5, 0.6) is 0 Å². The summed E-state index contributed by atoms with van der Waals surface area (Å²) in [5, 5.41) is 2.80. The standard InChI is InChI=1S/C21H20N2O3S/c1-23(2)27(25,26)18-12-8-11-17(15-18)22-21(24)20-14-7-6-13-19(20)16-9-4-3-5-10-16/h3-15H,1-2H3,(H,22,24). The first-order valence-electron chi connectivity index (χ1n) is 8.38. The molecule has 1 amide bonds. The fourth-order valence-electron chi connectivity index (χ4n) is 2.69. The van der Waals surface area contributed by atoms with E-state index in [1.807, 2.05) is 42.5 Å². The van der Waals surface area contributed by atoms with Gasteiger partial charge in [0.15, 0.2) is 0 Å². The molecule has 0 fully saturated rings. The number of hydrogen-bond donors (Lipinski definition) is 1. The van der Waals surface area contributed by atoms with Gasteiger partial charge in [-0.1, -0.05) is 54.6 Å². The first kappa shape index (κ1) is 18.8. The van der Waals surface area contributed by atoms with E-state index in [1.54, 1.807) is 24.3 Å². The highest BCUT2D eigenvalue weighted by Crippen LogP contribution is 2.25. The Labute approximate surface area is 159 Å². The maximum atomic E-state index is 12.8. The lowest BCUT2D eigenvalue weighted by molar-refractivity contribution is 0.102. The number of sulfonamides is 1. The van der Waals surface area contributed by atoms with Gasteiger partial charge in [0.05, 0.1) is 4.90 Å². The molecule has 27 heavy (non-hydrogen) atoms. The normalized spacial score (nSPS) is 11.4. The highest BCUT2D eigenvalue weighted by molar-refractivity contribution is 7.89. The summed E-state index contributed by atoms with van der Waals surface area (Å²) < 4.78 is 25.7. The van der Waals surface area contributed by atoms with Crippen LogP contribution >= 0.6 is 0 Å². The second-order valence-corrected chi connectivity index (χ2v) is 8.33. The molecule has 5 nitrogen and oxygen atoms in total. The summed E-state index contributed by atoms with van der Waals surface area (Å²) >= 11 is 0. The third-order valence-electron chi connectivity index (χ3n) is 4.13.